The van der Waals surface area contributed by atoms with Crippen molar-refractivity contribution in [3.05, 3.63) is 53.1 Å². The second-order valence-electron chi connectivity index (χ2n) is 6.91. The Bertz CT molecular complexity index is 1080. The Morgan fingerprint density at radius 1 is 1.06 bits per heavy atom. The number of sulfonamides is 1. The van der Waals surface area contributed by atoms with Gasteiger partial charge in [-0.3, -0.25) is 4.79 Å². The minimum absolute atomic E-state index is 0.00860. The molecule has 3 rings (SSSR count). The van der Waals surface area contributed by atoms with Crippen LogP contribution in [0.1, 0.15) is 17.3 Å². The van der Waals surface area contributed by atoms with E-state index in [-0.39, 0.29) is 43.4 Å². The van der Waals surface area contributed by atoms with Crippen molar-refractivity contribution in [1.82, 2.24) is 9.21 Å². The van der Waals surface area contributed by atoms with Crippen molar-refractivity contribution in [3.63, 3.8) is 0 Å². The summed E-state index contributed by atoms with van der Waals surface area (Å²) in [6.45, 7) is 2.71. The quantitative estimate of drug-likeness (QED) is 0.679. The number of amides is 2. The number of carbonyl (C=O) groups is 2. The van der Waals surface area contributed by atoms with E-state index in [2.05, 4.69) is 5.32 Å². The number of methoxy groups -OCH3 is 1. The van der Waals surface area contributed by atoms with Crippen molar-refractivity contribution >= 4 is 39.3 Å². The summed E-state index contributed by atoms with van der Waals surface area (Å²) >= 11 is 5.86. The third-order valence-electron chi connectivity index (χ3n) is 4.93. The maximum Gasteiger partial charge on any atom is 0.409 e. The first kappa shape index (κ1) is 23.8. The van der Waals surface area contributed by atoms with E-state index in [4.69, 9.17) is 21.1 Å². The lowest BCUT2D eigenvalue weighted by Crippen LogP contribution is -2.50. The molecule has 11 heteroatoms. The Balaban J connectivity index is 1.78. The van der Waals surface area contributed by atoms with E-state index in [1.807, 2.05) is 0 Å². The first-order valence-electron chi connectivity index (χ1n) is 9.93. The maximum atomic E-state index is 13.2. The van der Waals surface area contributed by atoms with Crippen molar-refractivity contribution in [1.29, 1.82) is 0 Å². The second-order valence-corrected chi connectivity index (χ2v) is 9.29. The van der Waals surface area contributed by atoms with E-state index in [0.717, 1.165) is 0 Å². The van der Waals surface area contributed by atoms with Crippen molar-refractivity contribution < 1.29 is 27.5 Å². The number of hydrogen-bond acceptors (Lipinski definition) is 6. The molecule has 2 aromatic carbocycles. The summed E-state index contributed by atoms with van der Waals surface area (Å²) in [4.78, 5) is 25.9. The molecule has 0 atom stereocenters. The first-order chi connectivity index (χ1) is 15.3. The zero-order valence-electron chi connectivity index (χ0n) is 17.7. The number of benzene rings is 2. The van der Waals surface area contributed by atoms with Crippen LogP contribution in [0, 0.1) is 0 Å². The number of nitrogens with one attached hydrogen (secondary N) is 1. The zero-order chi connectivity index (χ0) is 23.3. The van der Waals surface area contributed by atoms with Gasteiger partial charge in [-0.05, 0) is 49.4 Å². The summed E-state index contributed by atoms with van der Waals surface area (Å²) in [5, 5.41) is 3.18. The number of nitrogens with zero attached hydrogens (tertiary/aromatic N) is 2. The van der Waals surface area contributed by atoms with E-state index in [0.29, 0.717) is 16.3 Å². The Labute approximate surface area is 191 Å². The van der Waals surface area contributed by atoms with Gasteiger partial charge in [-0.15, -0.1) is 0 Å². The highest BCUT2D eigenvalue weighted by Crippen LogP contribution is 2.30. The molecule has 1 aliphatic rings. The summed E-state index contributed by atoms with van der Waals surface area (Å²) in [5.74, 6) is -0.115. The molecule has 32 heavy (non-hydrogen) atoms. The van der Waals surface area contributed by atoms with Gasteiger partial charge in [0.2, 0.25) is 10.0 Å². The van der Waals surface area contributed by atoms with Crippen molar-refractivity contribution in [2.75, 3.05) is 45.2 Å². The lowest BCUT2D eigenvalue weighted by Gasteiger charge is -2.33. The van der Waals surface area contributed by atoms with Crippen LogP contribution in [0.4, 0.5) is 10.5 Å². The second kappa shape index (κ2) is 10.2. The molecule has 9 nitrogen and oxygen atoms in total. The molecule has 1 heterocycles. The van der Waals surface area contributed by atoms with Crippen LogP contribution >= 0.6 is 11.6 Å². The lowest BCUT2D eigenvalue weighted by molar-refractivity contribution is 0.0933. The van der Waals surface area contributed by atoms with Crippen LogP contribution in [0.3, 0.4) is 0 Å². The molecule has 2 aromatic rings. The van der Waals surface area contributed by atoms with Crippen LogP contribution in [-0.2, 0) is 14.8 Å². The molecule has 0 aromatic heterocycles. The summed E-state index contributed by atoms with van der Waals surface area (Å²) in [7, 11) is -2.42. The predicted octanol–water partition coefficient (Wildman–Crippen LogP) is 3.06. The Morgan fingerprint density at radius 3 is 2.31 bits per heavy atom. The molecule has 1 saturated heterocycles. The number of rotatable bonds is 6. The number of halogens is 1. The van der Waals surface area contributed by atoms with E-state index in [1.165, 1.54) is 34.5 Å². The molecule has 172 valence electrons. The topological polar surface area (TPSA) is 105 Å². The molecule has 0 radical (unpaired) electrons. The number of piperazine rings is 1. The highest BCUT2D eigenvalue weighted by Gasteiger charge is 2.31. The van der Waals surface area contributed by atoms with E-state index in [1.54, 1.807) is 31.2 Å². The SMILES string of the molecule is CCOC(=O)N1CCN(S(=O)(=O)c2ccc(OC)c(NC(=O)c3ccc(Cl)cc3)c2)CC1. The standard InChI is InChI=1S/C21H24ClN3O6S/c1-3-31-21(27)24-10-12-25(13-11-24)32(28,29)17-8-9-19(30-2)18(14-17)23-20(26)15-4-6-16(22)7-5-15/h4-9,14H,3,10-13H2,1-2H3,(H,23,26). The van der Waals surface area contributed by atoms with Crippen molar-refractivity contribution in [2.24, 2.45) is 0 Å². The van der Waals surface area contributed by atoms with Crippen molar-refractivity contribution in [2.45, 2.75) is 11.8 Å². The fourth-order valence-corrected chi connectivity index (χ4v) is 4.79. The molecule has 0 spiro atoms. The highest BCUT2D eigenvalue weighted by atomic mass is 35.5. The molecule has 1 fully saturated rings. The van der Waals surface area contributed by atoms with E-state index >= 15 is 0 Å². The van der Waals surface area contributed by atoms with Crippen molar-refractivity contribution in [3.8, 4) is 5.75 Å². The highest BCUT2D eigenvalue weighted by molar-refractivity contribution is 7.89. The summed E-state index contributed by atoms with van der Waals surface area (Å²) < 4.78 is 37.9. The van der Waals surface area contributed by atoms with Crippen LogP contribution in [0.15, 0.2) is 47.4 Å². The largest absolute Gasteiger partial charge is 0.495 e. The van der Waals surface area contributed by atoms with Gasteiger partial charge in [0.05, 0.1) is 24.3 Å². The molecule has 1 aliphatic heterocycles. The minimum Gasteiger partial charge on any atom is -0.495 e. The van der Waals surface area contributed by atoms with Gasteiger partial charge >= 0.3 is 6.09 Å². The zero-order valence-corrected chi connectivity index (χ0v) is 19.3. The van der Waals surface area contributed by atoms with Gasteiger partial charge in [-0.2, -0.15) is 4.31 Å². The van der Waals surface area contributed by atoms with Gasteiger partial charge in [0.1, 0.15) is 5.75 Å². The van der Waals surface area contributed by atoms with Gasteiger partial charge in [-0.25, -0.2) is 13.2 Å². The third kappa shape index (κ3) is 5.32. The Kier molecular flexibility index (Phi) is 7.60. The Hall–Kier alpha value is -2.82. The molecular formula is C21H24ClN3O6S. The fraction of sp³-hybridized carbons (Fsp3) is 0.333. The van der Waals surface area contributed by atoms with E-state index < -0.39 is 22.0 Å². The molecule has 0 bridgehead atoms. The smallest absolute Gasteiger partial charge is 0.409 e. The van der Waals surface area contributed by atoms with Gasteiger partial charge < -0.3 is 19.7 Å². The molecule has 0 unspecified atom stereocenters. The predicted molar refractivity (Wildman–Crippen MR) is 120 cm³/mol. The lowest BCUT2D eigenvalue weighted by atomic mass is 10.2. The van der Waals surface area contributed by atoms with Gasteiger partial charge in [0.25, 0.3) is 5.91 Å². The van der Waals surface area contributed by atoms with E-state index in [9.17, 15) is 18.0 Å². The van der Waals surface area contributed by atoms with Gasteiger partial charge in [-0.1, -0.05) is 11.6 Å². The van der Waals surface area contributed by atoms with Gasteiger partial charge in [0.15, 0.2) is 0 Å². The number of hydrogen-bond donors (Lipinski definition) is 1. The van der Waals surface area contributed by atoms with Crippen LogP contribution < -0.4 is 10.1 Å². The number of anilines is 1. The Morgan fingerprint density at radius 2 is 1.72 bits per heavy atom. The molecule has 2 amide bonds. The monoisotopic (exact) mass is 481 g/mol. The normalized spacial score (nSPS) is 14.7. The first-order valence-corrected chi connectivity index (χ1v) is 11.7. The maximum absolute atomic E-state index is 13.2. The van der Waals surface area contributed by atoms with Gasteiger partial charge in [0, 0.05) is 36.8 Å². The third-order valence-corrected chi connectivity index (χ3v) is 7.07. The fourth-order valence-electron chi connectivity index (χ4n) is 3.22. The van der Waals surface area contributed by atoms with Crippen LogP contribution in [0.5, 0.6) is 5.75 Å². The average Bonchev–Trinajstić information content (AvgIpc) is 2.79. The van der Waals surface area contributed by atoms with Crippen LogP contribution in [0.25, 0.3) is 0 Å². The van der Waals surface area contributed by atoms with Crippen LogP contribution in [-0.4, -0.2) is 69.5 Å². The number of ether oxygens (including phenoxy) is 2. The molecule has 1 N–H and O–H groups in total. The summed E-state index contributed by atoms with van der Waals surface area (Å²) in [6, 6.07) is 10.6. The van der Waals surface area contributed by atoms with Crippen LogP contribution in [0.2, 0.25) is 5.02 Å². The molecule has 0 aliphatic carbocycles. The summed E-state index contributed by atoms with van der Waals surface area (Å²) in [5.41, 5.74) is 0.582. The summed E-state index contributed by atoms with van der Waals surface area (Å²) in [6.07, 6.45) is -0.457. The molecular weight excluding hydrogens is 458 g/mol. The average molecular weight is 482 g/mol. The minimum atomic E-state index is -3.85. The number of carbonyl (C=O) groups excluding carboxylic acids is 2. The molecule has 0 saturated carbocycles.